The highest BCUT2D eigenvalue weighted by Crippen LogP contribution is 2.60. The molecule has 2 fully saturated rings. The number of likely N-dealkylation sites (tertiary alicyclic amines) is 1. The van der Waals surface area contributed by atoms with E-state index in [1.165, 1.54) is 23.1 Å². The maximum absolute atomic E-state index is 14.2. The fourth-order valence-corrected chi connectivity index (χ4v) is 7.04. The number of alkyl halides is 4. The fourth-order valence-electron chi connectivity index (χ4n) is 6.78. The minimum absolute atomic E-state index is 0.0334. The second kappa shape index (κ2) is 10.7. The highest BCUT2D eigenvalue weighted by molar-refractivity contribution is 6.34. The van der Waals surface area contributed by atoms with Crippen molar-refractivity contribution in [3.63, 3.8) is 0 Å². The van der Waals surface area contributed by atoms with Crippen LogP contribution in [0.15, 0.2) is 24.3 Å². The van der Waals surface area contributed by atoms with Gasteiger partial charge in [-0.05, 0) is 62.1 Å². The lowest BCUT2D eigenvalue weighted by Gasteiger charge is -2.27. The number of carbonyl (C=O) groups is 3. The van der Waals surface area contributed by atoms with Crippen LogP contribution in [0.1, 0.15) is 71.4 Å². The van der Waals surface area contributed by atoms with E-state index in [-0.39, 0.29) is 60.8 Å². The number of carboxylic acid groups (broad SMARTS) is 1. The Hall–Kier alpha value is -3.25. The molecule has 43 heavy (non-hydrogen) atoms. The van der Waals surface area contributed by atoms with Gasteiger partial charge in [-0.1, -0.05) is 29.8 Å². The molecule has 2 unspecified atom stereocenters. The first kappa shape index (κ1) is 29.8. The van der Waals surface area contributed by atoms with Gasteiger partial charge in [-0.25, -0.2) is 4.39 Å². The zero-order valence-electron chi connectivity index (χ0n) is 23.0. The van der Waals surface area contributed by atoms with Gasteiger partial charge in [0.25, 0.3) is 5.91 Å². The Morgan fingerprint density at radius 3 is 2.37 bits per heavy atom. The minimum atomic E-state index is -4.60. The topological polar surface area (TPSA) is 113 Å². The number of aliphatic carboxylic acids is 1. The third-order valence-electron chi connectivity index (χ3n) is 9.45. The third kappa shape index (κ3) is 5.05. The molecule has 1 saturated heterocycles. The summed E-state index contributed by atoms with van der Waals surface area (Å²) in [6.45, 7) is -0.389. The van der Waals surface area contributed by atoms with Crippen LogP contribution in [0.2, 0.25) is 5.02 Å². The molecular formula is C30H30ClF4N3O5. The van der Waals surface area contributed by atoms with Crippen molar-refractivity contribution >= 4 is 35.0 Å². The van der Waals surface area contributed by atoms with E-state index < -0.39 is 47.6 Å². The second-order valence-corrected chi connectivity index (χ2v) is 12.4. The van der Waals surface area contributed by atoms with Crippen molar-refractivity contribution < 1.29 is 42.2 Å². The average molecular weight is 624 g/mol. The van der Waals surface area contributed by atoms with E-state index in [9.17, 15) is 42.2 Å². The monoisotopic (exact) mass is 623 g/mol. The van der Waals surface area contributed by atoms with Gasteiger partial charge >= 0.3 is 12.1 Å². The predicted molar refractivity (Wildman–Crippen MR) is 146 cm³/mol. The second-order valence-electron chi connectivity index (χ2n) is 12.0. The Balaban J connectivity index is 1.42. The minimum Gasteiger partial charge on any atom is -0.481 e. The standard InChI is InChI=1S/C30H30ClF4N3O5/c31-20-3-1-2-19(29(10-11-29)30(33,34)35)24(20)27(41)38-22-12-17(26(40)37-13-21(32)23(39)14-37)8-9-18(22)25(36-38)15-4-6-16(7-5-15)28(42)43/h1-4,16-17,21,23,39H,5-14H2,(H,42,43)/t16?,17?,21-,23+/m0/s1. The molecule has 3 aliphatic carbocycles. The summed E-state index contributed by atoms with van der Waals surface area (Å²) in [4.78, 5) is 40.3. The van der Waals surface area contributed by atoms with Gasteiger partial charge in [-0.3, -0.25) is 14.4 Å². The lowest BCUT2D eigenvalue weighted by molar-refractivity contribution is -0.160. The van der Waals surface area contributed by atoms with Crippen molar-refractivity contribution in [2.75, 3.05) is 13.1 Å². The molecule has 0 spiro atoms. The number of nitrogens with zero attached hydrogens (tertiary/aromatic N) is 3. The normalized spacial score (nSPS) is 26.6. The summed E-state index contributed by atoms with van der Waals surface area (Å²) in [6, 6.07) is 4.01. The highest BCUT2D eigenvalue weighted by atomic mass is 35.5. The van der Waals surface area contributed by atoms with Gasteiger partial charge in [0, 0.05) is 24.4 Å². The Bertz CT molecular complexity index is 1520. The first-order valence-corrected chi connectivity index (χ1v) is 14.7. The number of allylic oxidation sites excluding steroid dienone is 2. The van der Waals surface area contributed by atoms with E-state index in [0.29, 0.717) is 42.6 Å². The molecule has 2 N–H and O–H groups in total. The summed E-state index contributed by atoms with van der Waals surface area (Å²) >= 11 is 6.42. The first-order valence-electron chi connectivity index (χ1n) is 14.4. The lowest BCUT2D eigenvalue weighted by Crippen LogP contribution is -2.38. The first-order chi connectivity index (χ1) is 20.3. The van der Waals surface area contributed by atoms with E-state index in [2.05, 4.69) is 5.10 Å². The lowest BCUT2D eigenvalue weighted by atomic mass is 9.82. The molecule has 1 amide bonds. The predicted octanol–water partition coefficient (Wildman–Crippen LogP) is 4.73. The van der Waals surface area contributed by atoms with Crippen LogP contribution in [0.5, 0.6) is 0 Å². The summed E-state index contributed by atoms with van der Waals surface area (Å²) in [5, 5.41) is 23.7. The number of aliphatic hydroxyl groups is 1. The molecule has 4 atom stereocenters. The van der Waals surface area contributed by atoms with Gasteiger partial charge in [0.15, 0.2) is 0 Å². The van der Waals surface area contributed by atoms with E-state index in [0.717, 1.165) is 10.3 Å². The van der Waals surface area contributed by atoms with Gasteiger partial charge in [0.2, 0.25) is 5.91 Å². The van der Waals surface area contributed by atoms with Crippen LogP contribution in [-0.2, 0) is 27.8 Å². The average Bonchev–Trinajstić information content (AvgIpc) is 3.62. The highest BCUT2D eigenvalue weighted by Gasteiger charge is 2.65. The molecule has 2 heterocycles. The molecule has 2 aromatic rings. The summed E-state index contributed by atoms with van der Waals surface area (Å²) in [5.41, 5.74) is -0.457. The summed E-state index contributed by atoms with van der Waals surface area (Å²) in [6.07, 6.45) is -4.28. The third-order valence-corrected chi connectivity index (χ3v) is 9.76. The van der Waals surface area contributed by atoms with Crippen molar-refractivity contribution in [1.82, 2.24) is 14.7 Å². The van der Waals surface area contributed by atoms with Gasteiger partial charge in [0.1, 0.15) is 12.3 Å². The molecular weight excluding hydrogens is 594 g/mol. The van der Waals surface area contributed by atoms with E-state index >= 15 is 0 Å². The molecule has 8 nitrogen and oxygen atoms in total. The molecule has 4 aliphatic rings. The van der Waals surface area contributed by atoms with Crippen molar-refractivity contribution in [3.05, 3.63) is 57.4 Å². The molecule has 230 valence electrons. The molecule has 13 heteroatoms. The number of hydrogen-bond donors (Lipinski definition) is 2. The summed E-state index contributed by atoms with van der Waals surface area (Å²) in [5.74, 6) is -3.34. The zero-order valence-corrected chi connectivity index (χ0v) is 23.8. The van der Waals surface area contributed by atoms with Gasteiger partial charge in [-0.15, -0.1) is 0 Å². The number of β-amino-alcohol motifs (C(OH)–C–C–N with tert-alkyl or cyclic N) is 1. The number of hydrogen-bond acceptors (Lipinski definition) is 5. The number of fused-ring (bicyclic) bond motifs is 1. The molecule has 0 bridgehead atoms. The Morgan fingerprint density at radius 1 is 1.07 bits per heavy atom. The van der Waals surface area contributed by atoms with Crippen molar-refractivity contribution in [2.45, 2.75) is 75.2 Å². The van der Waals surface area contributed by atoms with Crippen LogP contribution in [0, 0.1) is 11.8 Å². The molecule has 0 radical (unpaired) electrons. The summed E-state index contributed by atoms with van der Waals surface area (Å²) in [7, 11) is 0. The number of carbonyl (C=O) groups excluding carboxylic acids is 2. The molecule has 1 aromatic carbocycles. The van der Waals surface area contributed by atoms with Crippen molar-refractivity contribution in [3.8, 4) is 0 Å². The van der Waals surface area contributed by atoms with Crippen LogP contribution in [0.3, 0.4) is 0 Å². The molecule has 6 rings (SSSR count). The van der Waals surface area contributed by atoms with E-state index in [1.54, 1.807) is 6.08 Å². The van der Waals surface area contributed by atoms with E-state index in [4.69, 9.17) is 11.6 Å². The van der Waals surface area contributed by atoms with Gasteiger partial charge < -0.3 is 15.1 Å². The number of carboxylic acids is 1. The fraction of sp³-hybridized carbons (Fsp3) is 0.533. The van der Waals surface area contributed by atoms with Crippen LogP contribution in [0.25, 0.3) is 5.57 Å². The van der Waals surface area contributed by atoms with Gasteiger partial charge in [-0.2, -0.15) is 23.0 Å². The molecule has 1 aromatic heterocycles. The number of amides is 1. The largest absolute Gasteiger partial charge is 0.481 e. The van der Waals surface area contributed by atoms with Crippen LogP contribution >= 0.6 is 11.6 Å². The smallest absolute Gasteiger partial charge is 0.398 e. The summed E-state index contributed by atoms with van der Waals surface area (Å²) < 4.78 is 57.7. The quantitative estimate of drug-likeness (QED) is 0.466. The number of aromatic nitrogens is 2. The van der Waals surface area contributed by atoms with Crippen LogP contribution in [-0.4, -0.2) is 74.2 Å². The molecule has 1 aliphatic heterocycles. The number of benzene rings is 1. The van der Waals surface area contributed by atoms with E-state index in [1.807, 2.05) is 0 Å². The Labute approximate surface area is 249 Å². The SMILES string of the molecule is O=C(O)C1CC=C(c2nn(C(=O)c3c(Cl)cccc3C3(C(F)(F)F)CC3)c3c2CCC(C(=O)N2C[C@@H](O)[C@@H](F)C2)C3)CC1. The zero-order chi connectivity index (χ0) is 30.8. The molecule has 1 saturated carbocycles. The Morgan fingerprint density at radius 2 is 1.79 bits per heavy atom. The van der Waals surface area contributed by atoms with Crippen LogP contribution in [0.4, 0.5) is 17.6 Å². The van der Waals surface area contributed by atoms with Crippen molar-refractivity contribution in [1.29, 1.82) is 0 Å². The number of aliphatic hydroxyl groups excluding tert-OH is 1. The number of rotatable bonds is 5. The Kier molecular flexibility index (Phi) is 7.44. The maximum atomic E-state index is 14.2. The number of halogens is 5. The van der Waals surface area contributed by atoms with Gasteiger partial charge in [0.05, 0.1) is 39.9 Å². The van der Waals surface area contributed by atoms with Crippen LogP contribution < -0.4 is 0 Å². The maximum Gasteiger partial charge on any atom is 0.398 e. The van der Waals surface area contributed by atoms with Crippen molar-refractivity contribution in [2.24, 2.45) is 11.8 Å².